The lowest BCUT2D eigenvalue weighted by atomic mass is 10.0. The molecule has 0 aliphatic carbocycles. The molecule has 0 radical (unpaired) electrons. The SMILES string of the molecule is CC(=O)Oc1ccc(C2=NN(C(C)=O)[C@@](C)(c3ccc(Br)cc3)O2)cc1. The third kappa shape index (κ3) is 3.48. The van der Waals surface area contributed by atoms with Gasteiger partial charge in [0, 0.05) is 36.4 Å². The van der Waals surface area contributed by atoms with Crippen molar-refractivity contribution in [2.45, 2.75) is 26.5 Å². The highest BCUT2D eigenvalue weighted by Crippen LogP contribution is 2.37. The predicted molar refractivity (Wildman–Crippen MR) is 99.4 cm³/mol. The molecule has 3 rings (SSSR count). The molecule has 6 nitrogen and oxygen atoms in total. The molecule has 26 heavy (non-hydrogen) atoms. The third-order valence-electron chi connectivity index (χ3n) is 3.93. The minimum atomic E-state index is -1.05. The van der Waals surface area contributed by atoms with Crippen molar-refractivity contribution < 1.29 is 19.1 Å². The van der Waals surface area contributed by atoms with E-state index in [1.165, 1.54) is 18.9 Å². The van der Waals surface area contributed by atoms with E-state index in [0.29, 0.717) is 17.2 Å². The van der Waals surface area contributed by atoms with Crippen molar-refractivity contribution in [1.82, 2.24) is 5.01 Å². The number of ether oxygens (including phenoxy) is 2. The lowest BCUT2D eigenvalue weighted by Crippen LogP contribution is -2.41. The molecular formula is C19H17BrN2O4. The number of benzene rings is 2. The quantitative estimate of drug-likeness (QED) is 0.563. The van der Waals surface area contributed by atoms with Crippen molar-refractivity contribution in [3.05, 3.63) is 64.1 Å². The van der Waals surface area contributed by atoms with Gasteiger partial charge in [-0.15, -0.1) is 5.10 Å². The molecule has 0 spiro atoms. The average Bonchev–Trinajstić information content (AvgIpc) is 2.95. The Hall–Kier alpha value is -2.67. The van der Waals surface area contributed by atoms with Gasteiger partial charge in [0.15, 0.2) is 0 Å². The minimum absolute atomic E-state index is 0.234. The summed E-state index contributed by atoms with van der Waals surface area (Å²) in [5.41, 5.74) is 0.426. The Balaban J connectivity index is 1.92. The van der Waals surface area contributed by atoms with Crippen LogP contribution in [0, 0.1) is 0 Å². The molecule has 1 aliphatic heterocycles. The van der Waals surface area contributed by atoms with Gasteiger partial charge in [-0.25, -0.2) is 0 Å². The number of esters is 1. The van der Waals surface area contributed by atoms with Crippen molar-refractivity contribution in [3.63, 3.8) is 0 Å². The second-order valence-corrected chi connectivity index (χ2v) is 6.86. The number of rotatable bonds is 3. The van der Waals surface area contributed by atoms with E-state index in [2.05, 4.69) is 21.0 Å². The second kappa shape index (κ2) is 6.92. The lowest BCUT2D eigenvalue weighted by Gasteiger charge is -2.31. The van der Waals surface area contributed by atoms with Crippen LogP contribution in [-0.4, -0.2) is 22.8 Å². The molecule has 0 unspecified atom stereocenters. The maximum absolute atomic E-state index is 12.1. The highest BCUT2D eigenvalue weighted by atomic mass is 79.9. The van der Waals surface area contributed by atoms with Crippen LogP contribution in [0.25, 0.3) is 0 Å². The Labute approximate surface area is 159 Å². The largest absolute Gasteiger partial charge is 0.443 e. The molecule has 0 fully saturated rings. The van der Waals surface area contributed by atoms with E-state index >= 15 is 0 Å². The van der Waals surface area contributed by atoms with Crippen molar-refractivity contribution >= 4 is 33.7 Å². The molecular weight excluding hydrogens is 400 g/mol. The van der Waals surface area contributed by atoms with E-state index in [9.17, 15) is 9.59 Å². The van der Waals surface area contributed by atoms with Crippen molar-refractivity contribution in [3.8, 4) is 5.75 Å². The monoisotopic (exact) mass is 416 g/mol. The van der Waals surface area contributed by atoms with E-state index in [1.54, 1.807) is 31.2 Å². The second-order valence-electron chi connectivity index (χ2n) is 5.95. The van der Waals surface area contributed by atoms with Gasteiger partial charge in [0.25, 0.3) is 0 Å². The molecule has 0 N–H and O–H groups in total. The van der Waals surface area contributed by atoms with Crippen LogP contribution in [0.15, 0.2) is 58.1 Å². The zero-order valence-electron chi connectivity index (χ0n) is 14.5. The summed E-state index contributed by atoms with van der Waals surface area (Å²) in [5, 5.41) is 5.68. The van der Waals surface area contributed by atoms with E-state index < -0.39 is 11.7 Å². The van der Waals surface area contributed by atoms with Crippen LogP contribution >= 0.6 is 15.9 Å². The minimum Gasteiger partial charge on any atom is -0.443 e. The molecule has 1 aliphatic rings. The summed E-state index contributed by atoms with van der Waals surface area (Å²) in [4.78, 5) is 23.1. The summed E-state index contributed by atoms with van der Waals surface area (Å²) in [6.07, 6.45) is 0. The number of amides is 1. The highest BCUT2D eigenvalue weighted by Gasteiger charge is 2.44. The van der Waals surface area contributed by atoms with Gasteiger partial charge < -0.3 is 9.47 Å². The number of nitrogens with zero attached hydrogens (tertiary/aromatic N) is 2. The molecule has 134 valence electrons. The number of carbonyl (C=O) groups is 2. The number of hydrogen-bond donors (Lipinski definition) is 0. The topological polar surface area (TPSA) is 68.2 Å². The molecule has 0 aromatic heterocycles. The number of halogens is 1. The number of carbonyl (C=O) groups excluding carboxylic acids is 2. The van der Waals surface area contributed by atoms with Crippen LogP contribution in [-0.2, 0) is 20.1 Å². The average molecular weight is 417 g/mol. The van der Waals surface area contributed by atoms with E-state index in [0.717, 1.165) is 10.0 Å². The zero-order chi connectivity index (χ0) is 18.9. The maximum atomic E-state index is 12.1. The first kappa shape index (κ1) is 18.1. The van der Waals surface area contributed by atoms with Gasteiger partial charge in [-0.1, -0.05) is 28.1 Å². The number of hydrazone groups is 1. The van der Waals surface area contributed by atoms with Gasteiger partial charge in [0.05, 0.1) is 0 Å². The Bertz CT molecular complexity index is 877. The van der Waals surface area contributed by atoms with Crippen LogP contribution in [0.2, 0.25) is 0 Å². The van der Waals surface area contributed by atoms with Gasteiger partial charge in [-0.05, 0) is 36.4 Å². The summed E-state index contributed by atoms with van der Waals surface area (Å²) in [6, 6.07) is 14.3. The van der Waals surface area contributed by atoms with Crippen LogP contribution in [0.5, 0.6) is 5.75 Å². The molecule has 0 saturated carbocycles. The molecule has 0 bridgehead atoms. The van der Waals surface area contributed by atoms with Crippen LogP contribution in [0.3, 0.4) is 0 Å². The van der Waals surface area contributed by atoms with Crippen LogP contribution in [0.1, 0.15) is 31.9 Å². The standard InChI is InChI=1S/C19H17BrN2O4/c1-12(23)22-19(3,15-6-8-16(20)9-7-15)26-18(21-22)14-4-10-17(11-5-14)25-13(2)24/h4-11H,1-3H3/t19-/m1/s1. The first-order valence-corrected chi connectivity index (χ1v) is 8.72. The fourth-order valence-electron chi connectivity index (χ4n) is 2.70. The Morgan fingerprint density at radius 3 is 2.23 bits per heavy atom. The molecule has 0 saturated heterocycles. The van der Waals surface area contributed by atoms with Gasteiger partial charge in [-0.3, -0.25) is 9.59 Å². The Morgan fingerprint density at radius 2 is 1.69 bits per heavy atom. The van der Waals surface area contributed by atoms with Gasteiger partial charge in [0.1, 0.15) is 5.75 Å². The highest BCUT2D eigenvalue weighted by molar-refractivity contribution is 9.10. The van der Waals surface area contributed by atoms with E-state index in [4.69, 9.17) is 9.47 Å². The Kier molecular flexibility index (Phi) is 4.82. The van der Waals surface area contributed by atoms with E-state index in [1.807, 2.05) is 24.3 Å². The third-order valence-corrected chi connectivity index (χ3v) is 4.46. The summed E-state index contributed by atoms with van der Waals surface area (Å²) < 4.78 is 12.0. The first-order chi connectivity index (χ1) is 12.3. The molecule has 7 heteroatoms. The van der Waals surface area contributed by atoms with Gasteiger partial charge in [-0.2, -0.15) is 5.01 Å². The fourth-order valence-corrected chi connectivity index (χ4v) is 2.96. The predicted octanol–water partition coefficient (Wildman–Crippen LogP) is 3.79. The maximum Gasteiger partial charge on any atom is 0.308 e. The van der Waals surface area contributed by atoms with Crippen LogP contribution < -0.4 is 4.74 Å². The Morgan fingerprint density at radius 1 is 1.08 bits per heavy atom. The van der Waals surface area contributed by atoms with Crippen molar-refractivity contribution in [2.24, 2.45) is 5.10 Å². The van der Waals surface area contributed by atoms with Crippen molar-refractivity contribution in [1.29, 1.82) is 0 Å². The zero-order valence-corrected chi connectivity index (χ0v) is 16.1. The normalized spacial score (nSPS) is 18.9. The number of hydrogen-bond acceptors (Lipinski definition) is 5. The molecule has 2 aromatic carbocycles. The fraction of sp³-hybridized carbons (Fsp3) is 0.211. The van der Waals surface area contributed by atoms with Crippen LogP contribution in [0.4, 0.5) is 0 Å². The summed E-state index contributed by atoms with van der Waals surface area (Å²) in [7, 11) is 0. The molecule has 1 amide bonds. The first-order valence-electron chi connectivity index (χ1n) is 7.93. The van der Waals surface area contributed by atoms with Gasteiger partial charge >= 0.3 is 5.97 Å². The lowest BCUT2D eigenvalue weighted by molar-refractivity contribution is -0.146. The summed E-state index contributed by atoms with van der Waals surface area (Å²) in [6.45, 7) is 4.57. The van der Waals surface area contributed by atoms with E-state index in [-0.39, 0.29) is 5.91 Å². The summed E-state index contributed by atoms with van der Waals surface area (Å²) >= 11 is 3.40. The molecule has 2 aromatic rings. The van der Waals surface area contributed by atoms with Gasteiger partial charge in [0.2, 0.25) is 17.5 Å². The molecule has 1 atom stereocenters. The molecule has 1 heterocycles. The smallest absolute Gasteiger partial charge is 0.308 e. The summed E-state index contributed by atoms with van der Waals surface area (Å²) in [5.74, 6) is 0.124. The van der Waals surface area contributed by atoms with Crippen molar-refractivity contribution in [2.75, 3.05) is 0 Å².